The van der Waals surface area contributed by atoms with Gasteiger partial charge in [0.1, 0.15) is 6.54 Å². The first kappa shape index (κ1) is 22.4. The molecule has 0 aromatic heterocycles. The van der Waals surface area contributed by atoms with Crippen LogP contribution in [0.1, 0.15) is 23.6 Å². The summed E-state index contributed by atoms with van der Waals surface area (Å²) in [5.41, 5.74) is 3.33. The molecule has 0 unspecified atom stereocenters. The molecule has 162 valence electrons. The van der Waals surface area contributed by atoms with Crippen molar-refractivity contribution in [2.75, 3.05) is 25.6 Å². The molecule has 1 aliphatic rings. The summed E-state index contributed by atoms with van der Waals surface area (Å²) in [4.78, 5) is 38.8. The number of benzene rings is 2. The second kappa shape index (κ2) is 9.70. The number of hydrogen-bond donors (Lipinski definition) is 1. The van der Waals surface area contributed by atoms with Crippen molar-refractivity contribution in [1.82, 2.24) is 4.90 Å². The van der Waals surface area contributed by atoms with Crippen LogP contribution < -0.4 is 14.8 Å². The lowest BCUT2D eigenvalue weighted by molar-refractivity contribution is -0.127. The quantitative estimate of drug-likeness (QED) is 0.643. The fraction of sp³-hybridized carbons (Fsp3) is 0.261. The maximum absolute atomic E-state index is 12.7. The van der Waals surface area contributed by atoms with Crippen LogP contribution >= 0.6 is 11.8 Å². The number of rotatable bonds is 7. The van der Waals surface area contributed by atoms with Gasteiger partial charge >= 0.3 is 0 Å². The molecule has 2 aromatic rings. The van der Waals surface area contributed by atoms with E-state index in [2.05, 4.69) is 5.32 Å². The number of thioether (sulfide) groups is 1. The molecule has 1 saturated heterocycles. The molecular weight excluding hydrogens is 416 g/mol. The number of hydrogen-bond acceptors (Lipinski definition) is 6. The Bertz CT molecular complexity index is 1060. The molecule has 0 saturated carbocycles. The van der Waals surface area contributed by atoms with Gasteiger partial charge in [-0.25, -0.2) is 0 Å². The summed E-state index contributed by atoms with van der Waals surface area (Å²) in [6.45, 7) is 5.83. The van der Waals surface area contributed by atoms with Gasteiger partial charge in [-0.15, -0.1) is 0 Å². The number of nitrogens with zero attached hydrogens (tertiary/aromatic N) is 1. The summed E-state index contributed by atoms with van der Waals surface area (Å²) in [6, 6.07) is 10.8. The number of carbonyl (C=O) groups is 3. The van der Waals surface area contributed by atoms with Crippen molar-refractivity contribution in [3.63, 3.8) is 0 Å². The van der Waals surface area contributed by atoms with Gasteiger partial charge in [0.15, 0.2) is 11.5 Å². The zero-order chi connectivity index (χ0) is 22.5. The molecule has 0 bridgehead atoms. The van der Waals surface area contributed by atoms with E-state index in [1.165, 1.54) is 0 Å². The minimum absolute atomic E-state index is 0.247. The first-order chi connectivity index (χ1) is 14.8. The third-order valence-electron chi connectivity index (χ3n) is 4.84. The molecule has 31 heavy (non-hydrogen) atoms. The van der Waals surface area contributed by atoms with Gasteiger partial charge in [0.05, 0.1) is 18.6 Å². The summed E-state index contributed by atoms with van der Waals surface area (Å²) in [5, 5.41) is 2.29. The van der Waals surface area contributed by atoms with Gasteiger partial charge < -0.3 is 14.8 Å². The molecule has 7 nitrogen and oxygen atoms in total. The van der Waals surface area contributed by atoms with Gasteiger partial charge in [0.2, 0.25) is 5.91 Å². The standard InChI is InChI=1S/C23H24N2O5S/c1-5-30-19-11-16(9-10-18(19)29-4)12-20-22(27)25(23(28)31-20)13-21(26)24-17-8-6-7-14(2)15(17)3/h6-12H,5,13H2,1-4H3,(H,24,26)/b20-12+. The second-order valence-electron chi connectivity index (χ2n) is 6.91. The lowest BCUT2D eigenvalue weighted by Gasteiger charge is -2.14. The fourth-order valence-corrected chi connectivity index (χ4v) is 3.90. The molecule has 3 amide bonds. The average Bonchev–Trinajstić information content (AvgIpc) is 2.99. The van der Waals surface area contributed by atoms with Crippen molar-refractivity contribution in [2.45, 2.75) is 20.8 Å². The van der Waals surface area contributed by atoms with Crippen LogP contribution in [0.15, 0.2) is 41.3 Å². The van der Waals surface area contributed by atoms with E-state index in [4.69, 9.17) is 9.47 Å². The van der Waals surface area contributed by atoms with Gasteiger partial charge in [-0.1, -0.05) is 18.2 Å². The van der Waals surface area contributed by atoms with E-state index in [0.29, 0.717) is 29.4 Å². The highest BCUT2D eigenvalue weighted by atomic mass is 32.2. The van der Waals surface area contributed by atoms with Crippen molar-refractivity contribution in [2.24, 2.45) is 0 Å². The summed E-state index contributed by atoms with van der Waals surface area (Å²) < 4.78 is 10.8. The summed E-state index contributed by atoms with van der Waals surface area (Å²) in [5.74, 6) is 0.196. The molecule has 1 aliphatic heterocycles. The van der Waals surface area contributed by atoms with Gasteiger partial charge in [0, 0.05) is 5.69 Å². The van der Waals surface area contributed by atoms with Crippen LogP contribution in [0.3, 0.4) is 0 Å². The van der Waals surface area contributed by atoms with Crippen molar-refractivity contribution in [3.05, 3.63) is 58.0 Å². The number of ether oxygens (including phenoxy) is 2. The highest BCUT2D eigenvalue weighted by Crippen LogP contribution is 2.34. The average molecular weight is 441 g/mol. The SMILES string of the molecule is CCOc1cc(/C=C2/SC(=O)N(CC(=O)Nc3cccc(C)c3C)C2=O)ccc1OC. The molecule has 8 heteroatoms. The van der Waals surface area contributed by atoms with E-state index in [0.717, 1.165) is 27.8 Å². The Hall–Kier alpha value is -3.26. The van der Waals surface area contributed by atoms with E-state index < -0.39 is 17.1 Å². The molecule has 3 rings (SSSR count). The van der Waals surface area contributed by atoms with E-state index in [9.17, 15) is 14.4 Å². The number of aryl methyl sites for hydroxylation is 1. The van der Waals surface area contributed by atoms with Crippen LogP contribution in [0.4, 0.5) is 10.5 Å². The molecule has 0 spiro atoms. The third-order valence-corrected chi connectivity index (χ3v) is 5.75. The summed E-state index contributed by atoms with van der Waals surface area (Å²) in [6.07, 6.45) is 1.61. The van der Waals surface area contributed by atoms with Crippen molar-refractivity contribution >= 4 is 40.6 Å². The maximum Gasteiger partial charge on any atom is 0.294 e. The fourth-order valence-electron chi connectivity index (χ4n) is 3.06. The van der Waals surface area contributed by atoms with Crippen molar-refractivity contribution < 1.29 is 23.9 Å². The Morgan fingerprint density at radius 1 is 1.16 bits per heavy atom. The minimum Gasteiger partial charge on any atom is -0.493 e. The molecule has 1 N–H and O–H groups in total. The van der Waals surface area contributed by atoms with Crippen LogP contribution in [0.25, 0.3) is 6.08 Å². The normalized spacial score (nSPS) is 14.8. The zero-order valence-electron chi connectivity index (χ0n) is 17.9. The molecular formula is C23H24N2O5S. The second-order valence-corrected chi connectivity index (χ2v) is 7.90. The van der Waals surface area contributed by atoms with Crippen LogP contribution in [0, 0.1) is 13.8 Å². The molecule has 0 atom stereocenters. The number of methoxy groups -OCH3 is 1. The molecule has 2 aromatic carbocycles. The minimum atomic E-state index is -0.500. The Balaban J connectivity index is 1.74. The number of amides is 3. The third kappa shape index (κ3) is 5.08. The van der Waals surface area contributed by atoms with Crippen LogP contribution in [0.5, 0.6) is 11.5 Å². The number of anilines is 1. The van der Waals surface area contributed by atoms with Crippen molar-refractivity contribution in [1.29, 1.82) is 0 Å². The molecule has 1 fully saturated rings. The molecule has 0 aliphatic carbocycles. The number of imide groups is 1. The zero-order valence-corrected chi connectivity index (χ0v) is 18.7. The first-order valence-corrected chi connectivity index (χ1v) is 10.6. The lowest BCUT2D eigenvalue weighted by Crippen LogP contribution is -2.36. The van der Waals surface area contributed by atoms with Crippen LogP contribution in [0.2, 0.25) is 0 Å². The smallest absolute Gasteiger partial charge is 0.294 e. The highest BCUT2D eigenvalue weighted by Gasteiger charge is 2.36. The van der Waals surface area contributed by atoms with Crippen molar-refractivity contribution in [3.8, 4) is 11.5 Å². The van der Waals surface area contributed by atoms with Crippen LogP contribution in [-0.2, 0) is 9.59 Å². The van der Waals surface area contributed by atoms with Gasteiger partial charge in [-0.3, -0.25) is 19.3 Å². The Morgan fingerprint density at radius 2 is 1.94 bits per heavy atom. The highest BCUT2D eigenvalue weighted by molar-refractivity contribution is 8.18. The van der Waals surface area contributed by atoms with E-state index in [-0.39, 0.29) is 11.4 Å². The van der Waals surface area contributed by atoms with Gasteiger partial charge in [-0.05, 0) is 73.5 Å². The summed E-state index contributed by atoms with van der Waals surface area (Å²) in [7, 11) is 1.55. The number of carbonyl (C=O) groups excluding carboxylic acids is 3. The predicted molar refractivity (Wildman–Crippen MR) is 121 cm³/mol. The number of nitrogens with one attached hydrogen (secondary N) is 1. The Morgan fingerprint density at radius 3 is 2.65 bits per heavy atom. The lowest BCUT2D eigenvalue weighted by atomic mass is 10.1. The van der Waals surface area contributed by atoms with Crippen LogP contribution in [-0.4, -0.2) is 42.2 Å². The van der Waals surface area contributed by atoms with E-state index in [1.807, 2.05) is 32.9 Å². The monoisotopic (exact) mass is 440 g/mol. The van der Waals surface area contributed by atoms with E-state index >= 15 is 0 Å². The first-order valence-electron chi connectivity index (χ1n) is 9.76. The molecule has 1 heterocycles. The van der Waals surface area contributed by atoms with E-state index in [1.54, 1.807) is 37.5 Å². The maximum atomic E-state index is 12.7. The van der Waals surface area contributed by atoms with Gasteiger partial charge in [0.25, 0.3) is 11.1 Å². The Kier molecular flexibility index (Phi) is 7.02. The topological polar surface area (TPSA) is 84.9 Å². The molecule has 0 radical (unpaired) electrons. The van der Waals surface area contributed by atoms with Gasteiger partial charge in [-0.2, -0.15) is 0 Å². The summed E-state index contributed by atoms with van der Waals surface area (Å²) >= 11 is 0.806. The predicted octanol–water partition coefficient (Wildman–Crippen LogP) is 4.39. The largest absolute Gasteiger partial charge is 0.493 e. The Labute approximate surface area is 185 Å².